The molecule has 1 aliphatic rings. The monoisotopic (exact) mass is 427 g/mol. The zero-order valence-electron chi connectivity index (χ0n) is 16.9. The molecule has 0 aliphatic heterocycles. The predicted octanol–water partition coefficient (Wildman–Crippen LogP) is 4.82. The van der Waals surface area contributed by atoms with E-state index in [-0.39, 0.29) is 23.4 Å². The normalized spacial score (nSPS) is 17.5. The summed E-state index contributed by atoms with van der Waals surface area (Å²) in [5, 5.41) is 4.04. The van der Waals surface area contributed by atoms with Crippen LogP contribution in [0.1, 0.15) is 45.8 Å². The van der Waals surface area contributed by atoms with Crippen molar-refractivity contribution in [3.8, 4) is 0 Å². The predicted molar refractivity (Wildman–Crippen MR) is 120 cm³/mol. The molecule has 0 unspecified atom stereocenters. The Labute approximate surface area is 184 Å². The van der Waals surface area contributed by atoms with Gasteiger partial charge in [0.25, 0.3) is 0 Å². The maximum Gasteiger partial charge on any atom is 0.163 e. The van der Waals surface area contributed by atoms with Gasteiger partial charge in [-0.3, -0.25) is 14.6 Å². The highest BCUT2D eigenvalue weighted by molar-refractivity contribution is 7.12. The molecule has 0 spiro atoms. The van der Waals surface area contributed by atoms with E-state index in [9.17, 15) is 9.59 Å². The average molecular weight is 428 g/mol. The van der Waals surface area contributed by atoms with Gasteiger partial charge in [-0.1, -0.05) is 40.9 Å². The summed E-state index contributed by atoms with van der Waals surface area (Å²) in [5.41, 5.74) is 4.83. The number of hydrogen-bond acceptors (Lipinski definition) is 6. The molecule has 1 fully saturated rings. The third kappa shape index (κ3) is 4.44. The fraction of sp³-hybridized carbons (Fsp3) is 0.240. The van der Waals surface area contributed by atoms with E-state index in [2.05, 4.69) is 14.6 Å². The first-order valence-electron chi connectivity index (χ1n) is 10.4. The molecule has 31 heavy (non-hydrogen) atoms. The van der Waals surface area contributed by atoms with Crippen LogP contribution in [0.3, 0.4) is 0 Å². The number of aryl methyl sites for hydroxylation is 1. The Bertz CT molecular complexity index is 1230. The molecule has 1 aliphatic carbocycles. The summed E-state index contributed by atoms with van der Waals surface area (Å²) in [6, 6.07) is 17.6. The van der Waals surface area contributed by atoms with E-state index in [1.807, 2.05) is 54.6 Å². The van der Waals surface area contributed by atoms with Crippen molar-refractivity contribution in [1.82, 2.24) is 14.6 Å². The molecule has 5 rings (SSSR count). The second-order valence-corrected chi connectivity index (χ2v) is 8.86. The van der Waals surface area contributed by atoms with Crippen LogP contribution in [-0.4, -0.2) is 26.1 Å². The number of pyridine rings is 1. The Morgan fingerprint density at radius 2 is 1.90 bits per heavy atom. The van der Waals surface area contributed by atoms with Crippen LogP contribution < -0.4 is 0 Å². The van der Waals surface area contributed by atoms with Gasteiger partial charge in [-0.05, 0) is 65.2 Å². The fourth-order valence-corrected chi connectivity index (χ4v) is 4.67. The van der Waals surface area contributed by atoms with Crippen LogP contribution in [0.25, 0.3) is 10.2 Å². The lowest BCUT2D eigenvalue weighted by molar-refractivity contribution is -0.119. The third-order valence-corrected chi connectivity index (χ3v) is 6.61. The molecule has 2 aromatic heterocycles. The van der Waals surface area contributed by atoms with Gasteiger partial charge in [-0.2, -0.15) is 0 Å². The number of aromatic nitrogens is 3. The van der Waals surface area contributed by atoms with Gasteiger partial charge in [0.15, 0.2) is 5.78 Å². The Kier molecular flexibility index (Phi) is 5.38. The molecule has 2 atom stereocenters. The Balaban J connectivity index is 1.17. The number of Topliss-reactive ketones (excluding diaryl/α,β-unsaturated/α-hetero) is 2. The summed E-state index contributed by atoms with van der Waals surface area (Å²) in [5.74, 6) is 0.744. The van der Waals surface area contributed by atoms with E-state index in [0.717, 1.165) is 38.9 Å². The Hall–Kier alpha value is -3.25. The first-order valence-corrected chi connectivity index (χ1v) is 11.2. The van der Waals surface area contributed by atoms with Crippen molar-refractivity contribution in [2.45, 2.75) is 31.6 Å². The van der Waals surface area contributed by atoms with Gasteiger partial charge in [-0.25, -0.2) is 0 Å². The summed E-state index contributed by atoms with van der Waals surface area (Å²) in [6.45, 7) is 0. The van der Waals surface area contributed by atoms with E-state index in [1.54, 1.807) is 12.4 Å². The zero-order valence-corrected chi connectivity index (χ0v) is 17.7. The highest BCUT2D eigenvalue weighted by atomic mass is 32.1. The fourth-order valence-electron chi connectivity index (χ4n) is 4.05. The molecule has 5 nitrogen and oxygen atoms in total. The maximum absolute atomic E-state index is 12.7. The van der Waals surface area contributed by atoms with Crippen molar-refractivity contribution < 1.29 is 9.59 Å². The number of nitrogens with zero attached hydrogens (tertiary/aromatic N) is 3. The van der Waals surface area contributed by atoms with Gasteiger partial charge in [0.1, 0.15) is 11.3 Å². The summed E-state index contributed by atoms with van der Waals surface area (Å²) < 4.78 is 4.96. The molecule has 154 valence electrons. The minimum Gasteiger partial charge on any atom is -0.299 e. The number of hydrogen-bond donors (Lipinski definition) is 0. The minimum absolute atomic E-state index is 0.0717. The largest absolute Gasteiger partial charge is 0.299 e. The Morgan fingerprint density at radius 3 is 2.71 bits per heavy atom. The number of ketones is 2. The van der Waals surface area contributed by atoms with Crippen molar-refractivity contribution in [1.29, 1.82) is 0 Å². The highest BCUT2D eigenvalue weighted by Gasteiger charge is 2.43. The molecule has 0 N–H and O–H groups in total. The van der Waals surface area contributed by atoms with Crippen LogP contribution in [-0.2, 0) is 17.6 Å². The van der Waals surface area contributed by atoms with Crippen LogP contribution in [0.5, 0.6) is 0 Å². The van der Waals surface area contributed by atoms with Crippen molar-refractivity contribution in [2.24, 2.45) is 5.92 Å². The van der Waals surface area contributed by atoms with Gasteiger partial charge >= 0.3 is 0 Å². The molecule has 1 saturated carbocycles. The van der Waals surface area contributed by atoms with E-state index in [4.69, 9.17) is 0 Å². The van der Waals surface area contributed by atoms with Crippen LogP contribution >= 0.6 is 11.5 Å². The van der Waals surface area contributed by atoms with Crippen molar-refractivity contribution in [3.63, 3.8) is 0 Å². The Morgan fingerprint density at radius 1 is 1.03 bits per heavy atom. The molecule has 0 radical (unpaired) electrons. The maximum atomic E-state index is 12.7. The average Bonchev–Trinajstić information content (AvgIpc) is 3.48. The van der Waals surface area contributed by atoms with Crippen LogP contribution in [0, 0.1) is 5.92 Å². The third-order valence-electron chi connectivity index (χ3n) is 5.92. The lowest BCUT2D eigenvalue weighted by Crippen LogP contribution is -2.06. The molecule has 0 bridgehead atoms. The van der Waals surface area contributed by atoms with Crippen molar-refractivity contribution in [2.75, 3.05) is 0 Å². The lowest BCUT2D eigenvalue weighted by atomic mass is 9.99. The molecule has 0 saturated heterocycles. The number of carbonyl (C=O) groups is 2. The summed E-state index contributed by atoms with van der Waals surface area (Å²) in [4.78, 5) is 29.3. The van der Waals surface area contributed by atoms with E-state index in [1.165, 1.54) is 11.5 Å². The zero-order chi connectivity index (χ0) is 21.2. The standard InChI is InChI=1S/C25H21N3O2S/c29-23(10-4-16-2-1-11-26-15-16)19-7-5-18(6-8-19)20-14-21(20)24(30)12-17-3-9-22-25(13-17)31-28-27-22/h1-3,5-9,11,13,15,20-21H,4,10,12,14H2/t20-,21+/m0/s1. The van der Waals surface area contributed by atoms with Crippen LogP contribution in [0.4, 0.5) is 0 Å². The molecule has 2 aromatic carbocycles. The quantitative estimate of drug-likeness (QED) is 0.377. The molecule has 0 amide bonds. The van der Waals surface area contributed by atoms with E-state index >= 15 is 0 Å². The molecular formula is C25H21N3O2S. The van der Waals surface area contributed by atoms with Crippen molar-refractivity contribution >= 4 is 33.3 Å². The number of benzene rings is 2. The topological polar surface area (TPSA) is 72.8 Å². The summed E-state index contributed by atoms with van der Waals surface area (Å²) >= 11 is 1.35. The van der Waals surface area contributed by atoms with E-state index in [0.29, 0.717) is 19.3 Å². The first kappa shape index (κ1) is 19.7. The molecule has 2 heterocycles. The molecule has 6 heteroatoms. The van der Waals surface area contributed by atoms with Gasteiger partial charge in [0.05, 0.1) is 4.70 Å². The lowest BCUT2D eigenvalue weighted by Gasteiger charge is -2.05. The van der Waals surface area contributed by atoms with E-state index < -0.39 is 0 Å². The molecular weight excluding hydrogens is 406 g/mol. The summed E-state index contributed by atoms with van der Waals surface area (Å²) in [6.07, 6.45) is 6.02. The first-order chi connectivity index (χ1) is 15.2. The van der Waals surface area contributed by atoms with Crippen LogP contribution in [0.15, 0.2) is 67.0 Å². The van der Waals surface area contributed by atoms with Crippen LogP contribution in [0.2, 0.25) is 0 Å². The molecule has 4 aromatic rings. The minimum atomic E-state index is 0.0717. The van der Waals surface area contributed by atoms with Gasteiger partial charge < -0.3 is 0 Å². The van der Waals surface area contributed by atoms with Gasteiger partial charge in [0.2, 0.25) is 0 Å². The van der Waals surface area contributed by atoms with Gasteiger partial charge in [0, 0.05) is 36.7 Å². The number of carbonyl (C=O) groups excluding carboxylic acids is 2. The smallest absolute Gasteiger partial charge is 0.163 e. The number of fused-ring (bicyclic) bond motifs is 1. The second-order valence-electron chi connectivity index (χ2n) is 8.07. The number of rotatable bonds is 8. The van der Waals surface area contributed by atoms with Gasteiger partial charge in [-0.15, -0.1) is 5.10 Å². The van der Waals surface area contributed by atoms with Crippen molar-refractivity contribution in [3.05, 3.63) is 89.2 Å². The SMILES string of the molecule is O=C(CCc1cccnc1)c1ccc([C@@H]2C[C@H]2C(=O)Cc2ccc3nnsc3c2)cc1. The highest BCUT2D eigenvalue weighted by Crippen LogP contribution is 2.48. The summed E-state index contributed by atoms with van der Waals surface area (Å²) in [7, 11) is 0. The second kappa shape index (κ2) is 8.47.